The molecule has 3 N–H and O–H groups in total. The summed E-state index contributed by atoms with van der Waals surface area (Å²) in [6.07, 6.45) is 3.13. The molecule has 3 amide bonds. The maximum atomic E-state index is 11.5. The lowest BCUT2D eigenvalue weighted by Crippen LogP contribution is -2.40. The Bertz CT molecular complexity index is 368. The van der Waals surface area contributed by atoms with Crippen molar-refractivity contribution in [2.75, 3.05) is 19.8 Å². The van der Waals surface area contributed by atoms with Crippen LogP contribution in [0.1, 0.15) is 39.0 Å². The van der Waals surface area contributed by atoms with Crippen LogP contribution in [-0.2, 0) is 14.3 Å². The molecule has 0 aromatic carbocycles. The molecule has 1 aliphatic carbocycles. The number of carboxylic acid groups (broad SMARTS) is 1. The number of rotatable bonds is 10. The van der Waals surface area contributed by atoms with E-state index in [2.05, 4.69) is 10.6 Å². The lowest BCUT2D eigenvalue weighted by molar-refractivity contribution is -0.138. The lowest BCUT2D eigenvalue weighted by Gasteiger charge is -2.09. The van der Waals surface area contributed by atoms with Crippen molar-refractivity contribution >= 4 is 17.9 Å². The van der Waals surface area contributed by atoms with Gasteiger partial charge in [0, 0.05) is 32.6 Å². The highest BCUT2D eigenvalue weighted by molar-refractivity contribution is 5.94. The van der Waals surface area contributed by atoms with Gasteiger partial charge in [-0.05, 0) is 31.1 Å². The Kier molecular flexibility index (Phi) is 7.74. The first-order chi connectivity index (χ1) is 9.97. The molecule has 120 valence electrons. The highest BCUT2D eigenvalue weighted by Gasteiger charge is 2.20. The average Bonchev–Trinajstić information content (AvgIpc) is 3.15. The fourth-order valence-corrected chi connectivity index (χ4v) is 1.82. The number of carbonyl (C=O) groups excluding carboxylic acids is 2. The van der Waals surface area contributed by atoms with Gasteiger partial charge in [0.1, 0.15) is 0 Å². The number of hydrogen-bond acceptors (Lipinski definition) is 4. The second-order valence-corrected chi connectivity index (χ2v) is 5.58. The van der Waals surface area contributed by atoms with E-state index in [1.54, 1.807) is 6.92 Å². The van der Waals surface area contributed by atoms with E-state index in [0.29, 0.717) is 19.6 Å². The monoisotopic (exact) mass is 300 g/mol. The van der Waals surface area contributed by atoms with Crippen LogP contribution in [0.15, 0.2) is 0 Å². The Balaban J connectivity index is 1.98. The summed E-state index contributed by atoms with van der Waals surface area (Å²) in [5.41, 5.74) is 0. The number of amides is 3. The van der Waals surface area contributed by atoms with Gasteiger partial charge < -0.3 is 15.2 Å². The van der Waals surface area contributed by atoms with Crippen LogP contribution in [0.2, 0.25) is 0 Å². The minimum atomic E-state index is -0.953. The number of ether oxygens (including phenoxy) is 1. The zero-order valence-electron chi connectivity index (χ0n) is 12.4. The first-order valence-electron chi connectivity index (χ1n) is 7.34. The largest absolute Gasteiger partial charge is 0.481 e. The highest BCUT2D eigenvalue weighted by Crippen LogP contribution is 2.28. The van der Waals surface area contributed by atoms with Crippen LogP contribution in [-0.4, -0.2) is 42.8 Å². The number of carboxylic acids is 1. The fourth-order valence-electron chi connectivity index (χ4n) is 1.82. The summed E-state index contributed by atoms with van der Waals surface area (Å²) in [5, 5.41) is 13.3. The van der Waals surface area contributed by atoms with E-state index in [1.165, 1.54) is 12.8 Å². The van der Waals surface area contributed by atoms with Gasteiger partial charge in [-0.15, -0.1) is 0 Å². The standard InChI is InChI=1S/C14H24N2O5/c1-10(8-13(18)19)7-12(17)16-14(20)15-5-2-6-21-9-11-3-4-11/h10-11H,2-9H2,1H3,(H,18,19)(H2,15,16,17,20). The van der Waals surface area contributed by atoms with Crippen LogP contribution in [0.25, 0.3) is 0 Å². The molecule has 1 rings (SSSR count). The molecule has 0 saturated heterocycles. The van der Waals surface area contributed by atoms with Crippen molar-refractivity contribution in [2.45, 2.75) is 39.0 Å². The van der Waals surface area contributed by atoms with E-state index in [0.717, 1.165) is 12.5 Å². The van der Waals surface area contributed by atoms with Gasteiger partial charge >= 0.3 is 12.0 Å². The van der Waals surface area contributed by atoms with E-state index in [1.807, 2.05) is 0 Å². The Morgan fingerprint density at radius 2 is 2.00 bits per heavy atom. The van der Waals surface area contributed by atoms with Crippen molar-refractivity contribution in [3.05, 3.63) is 0 Å². The van der Waals surface area contributed by atoms with E-state index in [9.17, 15) is 14.4 Å². The molecule has 0 aromatic rings. The Labute approximate surface area is 124 Å². The molecule has 0 bridgehead atoms. The summed E-state index contributed by atoms with van der Waals surface area (Å²) in [6.45, 7) is 3.49. The molecule has 0 radical (unpaired) electrons. The van der Waals surface area contributed by atoms with Gasteiger partial charge in [0.25, 0.3) is 0 Å². The number of aliphatic carboxylic acids is 1. The predicted octanol–water partition coefficient (Wildman–Crippen LogP) is 1.13. The van der Waals surface area contributed by atoms with Gasteiger partial charge in [-0.1, -0.05) is 6.92 Å². The molecule has 0 aromatic heterocycles. The number of carbonyl (C=O) groups is 3. The molecular formula is C14H24N2O5. The maximum absolute atomic E-state index is 11.5. The summed E-state index contributed by atoms with van der Waals surface area (Å²) in [4.78, 5) is 33.3. The number of nitrogens with one attached hydrogen (secondary N) is 2. The van der Waals surface area contributed by atoms with Gasteiger partial charge in [0.2, 0.25) is 5.91 Å². The van der Waals surface area contributed by atoms with Crippen molar-refractivity contribution in [3.63, 3.8) is 0 Å². The first-order valence-corrected chi connectivity index (χ1v) is 7.34. The zero-order valence-corrected chi connectivity index (χ0v) is 12.4. The maximum Gasteiger partial charge on any atom is 0.321 e. The summed E-state index contributed by atoms with van der Waals surface area (Å²) in [5.74, 6) is -0.991. The van der Waals surface area contributed by atoms with Gasteiger partial charge in [-0.25, -0.2) is 4.79 Å². The molecule has 0 aliphatic heterocycles. The van der Waals surface area contributed by atoms with Gasteiger partial charge in [0.05, 0.1) is 0 Å². The van der Waals surface area contributed by atoms with Gasteiger partial charge in [0.15, 0.2) is 0 Å². The molecule has 21 heavy (non-hydrogen) atoms. The van der Waals surface area contributed by atoms with Gasteiger partial charge in [-0.2, -0.15) is 0 Å². The van der Waals surface area contributed by atoms with Gasteiger partial charge in [-0.3, -0.25) is 14.9 Å². The van der Waals surface area contributed by atoms with Crippen LogP contribution in [0.3, 0.4) is 0 Å². The molecule has 1 saturated carbocycles. The first kappa shape index (κ1) is 17.4. The summed E-state index contributed by atoms with van der Waals surface area (Å²) in [7, 11) is 0. The molecule has 0 spiro atoms. The summed E-state index contributed by atoms with van der Waals surface area (Å²) < 4.78 is 5.42. The smallest absolute Gasteiger partial charge is 0.321 e. The second-order valence-electron chi connectivity index (χ2n) is 5.58. The minimum Gasteiger partial charge on any atom is -0.481 e. The Hall–Kier alpha value is -1.63. The molecule has 7 heteroatoms. The van der Waals surface area contributed by atoms with Crippen molar-refractivity contribution in [1.29, 1.82) is 0 Å². The molecule has 0 heterocycles. The van der Waals surface area contributed by atoms with E-state index < -0.39 is 17.9 Å². The minimum absolute atomic E-state index is 0.0181. The molecular weight excluding hydrogens is 276 g/mol. The number of urea groups is 1. The molecule has 7 nitrogen and oxygen atoms in total. The van der Waals surface area contributed by atoms with Crippen LogP contribution < -0.4 is 10.6 Å². The summed E-state index contributed by atoms with van der Waals surface area (Å²) in [6, 6.07) is -0.551. The van der Waals surface area contributed by atoms with E-state index >= 15 is 0 Å². The third kappa shape index (κ3) is 9.84. The SMILES string of the molecule is CC(CC(=O)O)CC(=O)NC(=O)NCCCOCC1CC1. The quantitative estimate of drug-likeness (QED) is 0.525. The van der Waals surface area contributed by atoms with Crippen molar-refractivity contribution in [1.82, 2.24) is 10.6 Å². The van der Waals surface area contributed by atoms with E-state index in [-0.39, 0.29) is 18.8 Å². The van der Waals surface area contributed by atoms with Crippen molar-refractivity contribution < 1.29 is 24.2 Å². The molecule has 1 aliphatic rings. The highest BCUT2D eigenvalue weighted by atomic mass is 16.5. The van der Waals surface area contributed by atoms with Crippen LogP contribution in [0, 0.1) is 11.8 Å². The molecule has 1 atom stereocenters. The third-order valence-corrected chi connectivity index (χ3v) is 3.11. The molecule has 1 unspecified atom stereocenters. The van der Waals surface area contributed by atoms with Crippen molar-refractivity contribution in [2.24, 2.45) is 11.8 Å². The Morgan fingerprint density at radius 1 is 1.29 bits per heavy atom. The normalized spacial score (nSPS) is 15.3. The van der Waals surface area contributed by atoms with Crippen LogP contribution in [0.5, 0.6) is 0 Å². The lowest BCUT2D eigenvalue weighted by atomic mass is 10.0. The molecule has 1 fully saturated rings. The second kappa shape index (κ2) is 9.33. The van der Waals surface area contributed by atoms with Crippen LogP contribution >= 0.6 is 0 Å². The van der Waals surface area contributed by atoms with Crippen LogP contribution in [0.4, 0.5) is 4.79 Å². The third-order valence-electron chi connectivity index (χ3n) is 3.11. The topological polar surface area (TPSA) is 105 Å². The average molecular weight is 300 g/mol. The van der Waals surface area contributed by atoms with Crippen molar-refractivity contribution in [3.8, 4) is 0 Å². The predicted molar refractivity (Wildman–Crippen MR) is 75.7 cm³/mol. The fraction of sp³-hybridized carbons (Fsp3) is 0.786. The Morgan fingerprint density at radius 3 is 2.62 bits per heavy atom. The zero-order chi connectivity index (χ0) is 15.7. The van der Waals surface area contributed by atoms with E-state index in [4.69, 9.17) is 9.84 Å². The number of imide groups is 1. The summed E-state index contributed by atoms with van der Waals surface area (Å²) >= 11 is 0. The number of hydrogen-bond donors (Lipinski definition) is 3.